The van der Waals surface area contributed by atoms with Gasteiger partial charge in [-0.15, -0.1) is 0 Å². The van der Waals surface area contributed by atoms with Gasteiger partial charge in [0.25, 0.3) is 0 Å². The molecule has 106 valence electrons. The largest absolute Gasteiger partial charge is 0.496 e. The third-order valence-electron chi connectivity index (χ3n) is 4.06. The number of ether oxygens (including phenoxy) is 1. The first-order valence-corrected chi connectivity index (χ1v) is 6.92. The number of methoxy groups -OCH3 is 1. The Morgan fingerprint density at radius 2 is 2.25 bits per heavy atom. The van der Waals surface area contributed by atoms with Crippen LogP contribution in [0.1, 0.15) is 24.0 Å². The van der Waals surface area contributed by atoms with Crippen LogP contribution in [0.4, 0.5) is 0 Å². The van der Waals surface area contributed by atoms with E-state index in [1.54, 1.807) is 7.11 Å². The molecule has 0 bridgehead atoms. The molecule has 0 aromatic heterocycles. The molecule has 1 atom stereocenters. The van der Waals surface area contributed by atoms with E-state index in [4.69, 9.17) is 4.74 Å². The molecule has 1 N–H and O–H groups in total. The second-order valence-corrected chi connectivity index (χ2v) is 5.27. The van der Waals surface area contributed by atoms with Gasteiger partial charge in [0.2, 0.25) is 11.8 Å². The van der Waals surface area contributed by atoms with E-state index < -0.39 is 0 Å². The topological polar surface area (TPSA) is 58.6 Å². The number of fused-ring (bicyclic) bond motifs is 1. The minimum absolute atomic E-state index is 0.0207. The maximum Gasteiger partial charge on any atom is 0.245 e. The molecule has 5 heteroatoms. The zero-order chi connectivity index (χ0) is 14.1. The molecule has 0 saturated carbocycles. The molecule has 0 aliphatic carbocycles. The lowest BCUT2D eigenvalue weighted by Crippen LogP contribution is -2.46. The molecule has 2 amide bonds. The van der Waals surface area contributed by atoms with Crippen LogP contribution in [0.3, 0.4) is 0 Å². The van der Waals surface area contributed by atoms with E-state index >= 15 is 0 Å². The molecule has 0 spiro atoms. The van der Waals surface area contributed by atoms with Crippen molar-refractivity contribution in [3.63, 3.8) is 0 Å². The molecule has 2 aliphatic heterocycles. The van der Waals surface area contributed by atoms with Crippen LogP contribution in [-0.2, 0) is 22.6 Å². The van der Waals surface area contributed by atoms with Crippen molar-refractivity contribution >= 4 is 11.8 Å². The van der Waals surface area contributed by atoms with E-state index in [1.807, 2.05) is 17.0 Å². The summed E-state index contributed by atoms with van der Waals surface area (Å²) in [6.45, 7) is 1.26. The van der Waals surface area contributed by atoms with Crippen LogP contribution in [-0.4, -0.2) is 36.4 Å². The van der Waals surface area contributed by atoms with Crippen LogP contribution >= 0.6 is 0 Å². The zero-order valence-corrected chi connectivity index (χ0v) is 11.5. The summed E-state index contributed by atoms with van der Waals surface area (Å²) < 4.78 is 5.38. The van der Waals surface area contributed by atoms with Crippen molar-refractivity contribution in [2.75, 3.05) is 13.7 Å². The summed E-state index contributed by atoms with van der Waals surface area (Å²) in [7, 11) is 1.65. The first-order valence-electron chi connectivity index (χ1n) is 6.92. The number of carbonyl (C=O) groups excluding carboxylic acids is 2. The Morgan fingerprint density at radius 1 is 1.40 bits per heavy atom. The van der Waals surface area contributed by atoms with E-state index in [0.29, 0.717) is 25.9 Å². The van der Waals surface area contributed by atoms with Gasteiger partial charge in [-0.1, -0.05) is 12.1 Å². The van der Waals surface area contributed by atoms with Crippen LogP contribution in [0.5, 0.6) is 5.75 Å². The second kappa shape index (κ2) is 5.15. The van der Waals surface area contributed by atoms with Gasteiger partial charge >= 0.3 is 0 Å². The van der Waals surface area contributed by atoms with Crippen LogP contribution in [0.15, 0.2) is 18.2 Å². The summed E-state index contributed by atoms with van der Waals surface area (Å²) >= 11 is 0. The highest BCUT2D eigenvalue weighted by molar-refractivity contribution is 5.91. The summed E-state index contributed by atoms with van der Waals surface area (Å²) in [5.41, 5.74) is 2.32. The van der Waals surface area contributed by atoms with Gasteiger partial charge in [-0.3, -0.25) is 9.59 Å². The monoisotopic (exact) mass is 274 g/mol. The molecule has 3 rings (SSSR count). The van der Waals surface area contributed by atoms with E-state index in [9.17, 15) is 9.59 Å². The van der Waals surface area contributed by atoms with Gasteiger partial charge in [0.05, 0.1) is 7.11 Å². The lowest BCUT2D eigenvalue weighted by molar-refractivity contribution is -0.135. The molecule has 0 radical (unpaired) electrons. The van der Waals surface area contributed by atoms with E-state index in [-0.39, 0.29) is 17.9 Å². The number of hydrogen-bond acceptors (Lipinski definition) is 3. The van der Waals surface area contributed by atoms with Crippen molar-refractivity contribution in [3.8, 4) is 5.75 Å². The van der Waals surface area contributed by atoms with Gasteiger partial charge in [-0.2, -0.15) is 0 Å². The molecule has 2 heterocycles. The maximum atomic E-state index is 12.4. The third kappa shape index (κ3) is 2.24. The Kier molecular flexibility index (Phi) is 3.34. The predicted octanol–water partition coefficient (Wildman–Crippen LogP) is 0.858. The van der Waals surface area contributed by atoms with Gasteiger partial charge in [0.15, 0.2) is 0 Å². The fourth-order valence-corrected chi connectivity index (χ4v) is 2.95. The van der Waals surface area contributed by atoms with Crippen LogP contribution in [0, 0.1) is 0 Å². The van der Waals surface area contributed by atoms with Crippen molar-refractivity contribution in [2.45, 2.75) is 31.8 Å². The highest BCUT2D eigenvalue weighted by atomic mass is 16.5. The minimum atomic E-state index is -0.348. The minimum Gasteiger partial charge on any atom is -0.496 e. The number of amides is 2. The molecule has 5 nitrogen and oxygen atoms in total. The molecule has 1 fully saturated rings. The summed E-state index contributed by atoms with van der Waals surface area (Å²) in [5, 5.41) is 2.74. The van der Waals surface area contributed by atoms with Gasteiger partial charge in [0.1, 0.15) is 11.8 Å². The first kappa shape index (κ1) is 13.0. The molecular weight excluding hydrogens is 256 g/mol. The maximum absolute atomic E-state index is 12.4. The van der Waals surface area contributed by atoms with E-state index in [2.05, 4.69) is 11.4 Å². The van der Waals surface area contributed by atoms with Crippen molar-refractivity contribution in [3.05, 3.63) is 29.3 Å². The van der Waals surface area contributed by atoms with Gasteiger partial charge in [0, 0.05) is 25.1 Å². The standard InChI is InChI=1S/C15H18N2O3/c1-20-13-4-2-3-10-7-8-17(9-11(10)13)15(19)12-5-6-14(18)16-12/h2-4,12H,5-9H2,1H3,(H,16,18). The number of nitrogens with zero attached hydrogens (tertiary/aromatic N) is 1. The average molecular weight is 274 g/mol. The highest BCUT2D eigenvalue weighted by Crippen LogP contribution is 2.28. The number of rotatable bonds is 2. The van der Waals surface area contributed by atoms with Crippen molar-refractivity contribution in [1.82, 2.24) is 10.2 Å². The number of nitrogens with one attached hydrogen (secondary N) is 1. The van der Waals surface area contributed by atoms with Crippen molar-refractivity contribution in [1.29, 1.82) is 0 Å². The molecule has 1 aromatic rings. The van der Waals surface area contributed by atoms with E-state index in [0.717, 1.165) is 17.7 Å². The number of benzene rings is 1. The Bertz CT molecular complexity index is 542. The van der Waals surface area contributed by atoms with Crippen molar-refractivity contribution < 1.29 is 14.3 Å². The van der Waals surface area contributed by atoms with Crippen LogP contribution in [0.2, 0.25) is 0 Å². The molecule has 1 saturated heterocycles. The number of hydrogen-bond donors (Lipinski definition) is 1. The summed E-state index contributed by atoms with van der Waals surface area (Å²) in [6, 6.07) is 5.63. The van der Waals surface area contributed by atoms with Gasteiger partial charge in [-0.05, 0) is 24.5 Å². The fourth-order valence-electron chi connectivity index (χ4n) is 2.95. The zero-order valence-electron chi connectivity index (χ0n) is 11.5. The molecule has 1 unspecified atom stereocenters. The Morgan fingerprint density at radius 3 is 2.95 bits per heavy atom. The normalized spacial score (nSPS) is 21.4. The summed E-state index contributed by atoms with van der Waals surface area (Å²) in [6.07, 6.45) is 1.88. The Hall–Kier alpha value is -2.04. The van der Waals surface area contributed by atoms with Gasteiger partial charge < -0.3 is 15.0 Å². The van der Waals surface area contributed by atoms with Crippen LogP contribution < -0.4 is 10.1 Å². The quantitative estimate of drug-likeness (QED) is 0.870. The molecular formula is C15H18N2O3. The molecule has 20 heavy (non-hydrogen) atoms. The predicted molar refractivity (Wildman–Crippen MR) is 73.3 cm³/mol. The molecule has 2 aliphatic rings. The summed E-state index contributed by atoms with van der Waals surface area (Å²) in [5.74, 6) is 0.821. The highest BCUT2D eigenvalue weighted by Gasteiger charge is 2.32. The summed E-state index contributed by atoms with van der Waals surface area (Å²) in [4.78, 5) is 25.5. The first-order chi connectivity index (χ1) is 9.69. The second-order valence-electron chi connectivity index (χ2n) is 5.27. The fraction of sp³-hybridized carbons (Fsp3) is 0.467. The van der Waals surface area contributed by atoms with E-state index in [1.165, 1.54) is 5.56 Å². The van der Waals surface area contributed by atoms with Gasteiger partial charge in [-0.25, -0.2) is 0 Å². The Balaban J connectivity index is 1.78. The lowest BCUT2D eigenvalue weighted by atomic mass is 9.98. The van der Waals surface area contributed by atoms with Crippen molar-refractivity contribution in [2.24, 2.45) is 0 Å². The smallest absolute Gasteiger partial charge is 0.245 e. The number of carbonyl (C=O) groups is 2. The SMILES string of the molecule is COc1cccc2c1CN(C(=O)C1CCC(=O)N1)CC2. The third-order valence-corrected chi connectivity index (χ3v) is 4.06. The molecule has 1 aromatic carbocycles. The van der Waals surface area contributed by atoms with Crippen LogP contribution in [0.25, 0.3) is 0 Å². The average Bonchev–Trinajstić information content (AvgIpc) is 2.91. The lowest BCUT2D eigenvalue weighted by Gasteiger charge is -2.31. The Labute approximate surface area is 117 Å².